The first-order valence-electron chi connectivity index (χ1n) is 16.4. The first kappa shape index (κ1) is 40.2. The summed E-state index contributed by atoms with van der Waals surface area (Å²) < 4.78 is 33.8. The highest BCUT2D eigenvalue weighted by molar-refractivity contribution is 7.45. The number of likely N-dealkylation sites (N-methyl/N-ethyl adjacent to an activating group) is 1. The molecule has 0 aromatic rings. The number of allylic oxidation sites excluding steroid dienone is 2. The molecule has 8 nitrogen and oxygen atoms in total. The van der Waals surface area contributed by atoms with Crippen molar-refractivity contribution in [2.45, 2.75) is 136 Å². The molecule has 0 spiro atoms. The van der Waals surface area contributed by atoms with Crippen molar-refractivity contribution in [1.82, 2.24) is 0 Å². The summed E-state index contributed by atoms with van der Waals surface area (Å²) in [6.07, 6.45) is 24.7. The Balaban J connectivity index is 3.99. The maximum atomic E-state index is 12.1. The van der Waals surface area contributed by atoms with Gasteiger partial charge in [-0.25, -0.2) is 0 Å². The Bertz CT molecular complexity index is 681. The summed E-state index contributed by atoms with van der Waals surface area (Å²) in [6.45, 7) is 5.13. The van der Waals surface area contributed by atoms with Crippen LogP contribution in [-0.4, -0.2) is 70.7 Å². The Morgan fingerprint density at radius 2 is 1.27 bits per heavy atom. The molecule has 0 bridgehead atoms. The van der Waals surface area contributed by atoms with Crippen LogP contribution in [0.15, 0.2) is 12.2 Å². The number of nitrogens with zero attached hydrogens (tertiary/aromatic N) is 1. The first-order chi connectivity index (χ1) is 19.6. The Hall–Kier alpha value is -0.760. The van der Waals surface area contributed by atoms with E-state index in [-0.39, 0.29) is 32.2 Å². The zero-order chi connectivity index (χ0) is 30.7. The second-order valence-corrected chi connectivity index (χ2v) is 13.6. The standard InChI is InChI=1S/C32H64NO7P/c1-6-8-10-11-12-13-14-15-16-17-18-19-20-21-22-23-24-27-37-29-31(40-32(34)25-9-7-2)30-39-41(35,36)38-28-26-33(3,4)5/h16-17,31H,6-15,18-30H2,1-5H3/b17-16-. The van der Waals surface area contributed by atoms with Gasteiger partial charge in [-0.05, 0) is 38.5 Å². The summed E-state index contributed by atoms with van der Waals surface area (Å²) in [5.74, 6) is -0.372. The van der Waals surface area contributed by atoms with Crippen LogP contribution in [0.4, 0.5) is 0 Å². The van der Waals surface area contributed by atoms with Crippen molar-refractivity contribution in [3.63, 3.8) is 0 Å². The lowest BCUT2D eigenvalue weighted by Crippen LogP contribution is -2.37. The fourth-order valence-corrected chi connectivity index (χ4v) is 4.89. The minimum absolute atomic E-state index is 0.0255. The third-order valence-electron chi connectivity index (χ3n) is 6.82. The lowest BCUT2D eigenvalue weighted by Gasteiger charge is -2.28. The minimum Gasteiger partial charge on any atom is -0.756 e. The highest BCUT2D eigenvalue weighted by Gasteiger charge is 2.20. The summed E-state index contributed by atoms with van der Waals surface area (Å²) in [4.78, 5) is 24.2. The average molecular weight is 606 g/mol. The van der Waals surface area contributed by atoms with Gasteiger partial charge in [0.15, 0.2) is 0 Å². The van der Waals surface area contributed by atoms with Crippen LogP contribution in [0.1, 0.15) is 129 Å². The molecule has 0 radical (unpaired) electrons. The van der Waals surface area contributed by atoms with Gasteiger partial charge in [-0.1, -0.05) is 96.6 Å². The predicted octanol–water partition coefficient (Wildman–Crippen LogP) is 7.74. The van der Waals surface area contributed by atoms with Crippen LogP contribution >= 0.6 is 7.82 Å². The number of carbonyl (C=O) groups excluding carboxylic acids is 1. The number of esters is 1. The second kappa shape index (κ2) is 26.8. The van der Waals surface area contributed by atoms with Gasteiger partial charge >= 0.3 is 5.97 Å². The van der Waals surface area contributed by atoms with Gasteiger partial charge in [0.1, 0.15) is 19.3 Å². The molecule has 0 aliphatic carbocycles. The van der Waals surface area contributed by atoms with E-state index in [1.54, 1.807) is 0 Å². The number of ether oxygens (including phenoxy) is 2. The summed E-state index contributed by atoms with van der Waals surface area (Å²) in [5, 5.41) is 0. The molecule has 0 N–H and O–H groups in total. The molecule has 2 atom stereocenters. The van der Waals surface area contributed by atoms with E-state index < -0.39 is 13.9 Å². The van der Waals surface area contributed by atoms with Crippen molar-refractivity contribution >= 4 is 13.8 Å². The van der Waals surface area contributed by atoms with Gasteiger partial charge < -0.3 is 27.9 Å². The molecule has 0 rings (SSSR count). The molecular formula is C32H64NO7P. The Morgan fingerprint density at radius 1 is 0.732 bits per heavy atom. The lowest BCUT2D eigenvalue weighted by atomic mass is 10.1. The van der Waals surface area contributed by atoms with Crippen molar-refractivity contribution in [2.75, 3.05) is 54.1 Å². The quantitative estimate of drug-likeness (QED) is 0.0272. The molecule has 41 heavy (non-hydrogen) atoms. The van der Waals surface area contributed by atoms with E-state index >= 15 is 0 Å². The molecule has 0 amide bonds. The second-order valence-electron chi connectivity index (χ2n) is 12.2. The van der Waals surface area contributed by atoms with Crippen molar-refractivity contribution < 1.29 is 37.3 Å². The van der Waals surface area contributed by atoms with Gasteiger partial charge in [-0.15, -0.1) is 0 Å². The Labute approximate surface area is 252 Å². The molecule has 0 aromatic heterocycles. The number of quaternary nitrogens is 1. The highest BCUT2D eigenvalue weighted by Crippen LogP contribution is 2.38. The fraction of sp³-hybridized carbons (Fsp3) is 0.906. The molecule has 0 aliphatic rings. The van der Waals surface area contributed by atoms with Crippen LogP contribution in [0.25, 0.3) is 0 Å². The summed E-state index contributed by atoms with van der Waals surface area (Å²) in [5.41, 5.74) is 0. The highest BCUT2D eigenvalue weighted by atomic mass is 31.2. The molecule has 244 valence electrons. The van der Waals surface area contributed by atoms with Gasteiger partial charge in [-0.2, -0.15) is 0 Å². The molecule has 0 aromatic carbocycles. The third kappa shape index (κ3) is 30.5. The lowest BCUT2D eigenvalue weighted by molar-refractivity contribution is -0.870. The van der Waals surface area contributed by atoms with E-state index in [1.165, 1.54) is 83.5 Å². The van der Waals surface area contributed by atoms with Crippen LogP contribution < -0.4 is 4.89 Å². The SMILES string of the molecule is CCCCCCCCC/C=C\CCCCCCCCOCC(COP(=O)([O-])OCC[N+](C)(C)C)OC(=O)CCCC. The summed E-state index contributed by atoms with van der Waals surface area (Å²) >= 11 is 0. The third-order valence-corrected chi connectivity index (χ3v) is 7.78. The summed E-state index contributed by atoms with van der Waals surface area (Å²) in [6, 6.07) is 0. The van der Waals surface area contributed by atoms with Crippen molar-refractivity contribution in [1.29, 1.82) is 0 Å². The first-order valence-corrected chi connectivity index (χ1v) is 17.9. The number of rotatable bonds is 30. The van der Waals surface area contributed by atoms with Crippen molar-refractivity contribution in [3.8, 4) is 0 Å². The largest absolute Gasteiger partial charge is 0.756 e. The molecule has 0 aliphatic heterocycles. The monoisotopic (exact) mass is 605 g/mol. The number of carbonyl (C=O) groups is 1. The molecule has 9 heteroatoms. The van der Waals surface area contributed by atoms with Gasteiger partial charge in [-0.3, -0.25) is 9.36 Å². The molecule has 2 unspecified atom stereocenters. The van der Waals surface area contributed by atoms with Gasteiger partial charge in [0.25, 0.3) is 7.82 Å². The van der Waals surface area contributed by atoms with Crippen LogP contribution in [-0.2, 0) is 27.9 Å². The minimum atomic E-state index is -4.49. The fourth-order valence-electron chi connectivity index (χ4n) is 4.16. The zero-order valence-electron chi connectivity index (χ0n) is 27.2. The van der Waals surface area contributed by atoms with Crippen LogP contribution in [0.5, 0.6) is 0 Å². The number of phosphoric acid groups is 1. The maximum absolute atomic E-state index is 12.1. The Kier molecular flexibility index (Phi) is 26.3. The zero-order valence-corrected chi connectivity index (χ0v) is 28.1. The van der Waals surface area contributed by atoms with Crippen LogP contribution in [0.2, 0.25) is 0 Å². The Morgan fingerprint density at radius 3 is 1.83 bits per heavy atom. The predicted molar refractivity (Wildman–Crippen MR) is 167 cm³/mol. The topological polar surface area (TPSA) is 94.1 Å². The van der Waals surface area contributed by atoms with Crippen LogP contribution in [0, 0.1) is 0 Å². The van der Waals surface area contributed by atoms with E-state index in [9.17, 15) is 14.3 Å². The van der Waals surface area contributed by atoms with E-state index in [0.29, 0.717) is 17.6 Å². The van der Waals surface area contributed by atoms with Crippen LogP contribution in [0.3, 0.4) is 0 Å². The van der Waals surface area contributed by atoms with E-state index in [4.69, 9.17) is 18.5 Å². The number of unbranched alkanes of at least 4 members (excludes halogenated alkanes) is 14. The van der Waals surface area contributed by atoms with Gasteiger partial charge in [0.2, 0.25) is 0 Å². The smallest absolute Gasteiger partial charge is 0.306 e. The van der Waals surface area contributed by atoms with Gasteiger partial charge in [0.05, 0.1) is 34.4 Å². The summed E-state index contributed by atoms with van der Waals surface area (Å²) in [7, 11) is 1.35. The molecular weight excluding hydrogens is 541 g/mol. The number of hydrogen-bond acceptors (Lipinski definition) is 7. The normalized spacial score (nSPS) is 14.4. The van der Waals surface area contributed by atoms with E-state index in [2.05, 4.69) is 19.1 Å². The number of phosphoric ester groups is 1. The van der Waals surface area contributed by atoms with Gasteiger partial charge in [0, 0.05) is 13.0 Å². The maximum Gasteiger partial charge on any atom is 0.306 e. The van der Waals surface area contributed by atoms with E-state index in [0.717, 1.165) is 25.7 Å². The molecule has 0 heterocycles. The molecule has 0 saturated carbocycles. The molecule has 0 saturated heterocycles. The number of hydrogen-bond donors (Lipinski definition) is 0. The van der Waals surface area contributed by atoms with E-state index in [1.807, 2.05) is 28.1 Å². The average Bonchev–Trinajstić information content (AvgIpc) is 2.90. The molecule has 0 fully saturated rings. The van der Waals surface area contributed by atoms with Crippen molar-refractivity contribution in [3.05, 3.63) is 12.2 Å². The van der Waals surface area contributed by atoms with Crippen molar-refractivity contribution in [2.24, 2.45) is 0 Å².